The summed E-state index contributed by atoms with van der Waals surface area (Å²) < 4.78 is 2.09. The van der Waals surface area contributed by atoms with Gasteiger partial charge < -0.3 is 15.0 Å². The molecule has 2 unspecified atom stereocenters. The van der Waals surface area contributed by atoms with Gasteiger partial charge in [0.1, 0.15) is 0 Å². The summed E-state index contributed by atoms with van der Waals surface area (Å²) in [5, 5.41) is 11.5. The van der Waals surface area contributed by atoms with Crippen LogP contribution in [0.3, 0.4) is 0 Å². The number of carbonyl (C=O) groups is 1. The normalized spacial score (nSPS) is 27.6. The molecule has 1 saturated carbocycles. The van der Waals surface area contributed by atoms with Crippen molar-refractivity contribution >= 4 is 6.09 Å². The molecule has 0 bridgehead atoms. The van der Waals surface area contributed by atoms with Crippen molar-refractivity contribution in [3.05, 3.63) is 18.7 Å². The number of carboxylic acid groups (broad SMARTS) is 1. The van der Waals surface area contributed by atoms with Gasteiger partial charge in [-0.3, -0.25) is 0 Å². The predicted molar refractivity (Wildman–Crippen MR) is 63.8 cm³/mol. The van der Waals surface area contributed by atoms with E-state index < -0.39 is 6.09 Å². The van der Waals surface area contributed by atoms with Crippen LogP contribution in [0, 0.1) is 5.41 Å². The maximum absolute atomic E-state index is 10.8. The average molecular weight is 237 g/mol. The maximum atomic E-state index is 10.8. The van der Waals surface area contributed by atoms with Crippen LogP contribution in [0.2, 0.25) is 0 Å². The van der Waals surface area contributed by atoms with Crippen molar-refractivity contribution in [1.29, 1.82) is 0 Å². The quantitative estimate of drug-likeness (QED) is 0.829. The standard InChI is InChI=1S/C12H19N3O2/c1-12(2)9(14-11(16)17)4-3-5-10(12)15-7-6-13-8-15/h6-10,14H,3-5H2,1-2H3,(H,16,17). The number of nitrogens with one attached hydrogen (secondary N) is 1. The minimum Gasteiger partial charge on any atom is -0.465 e. The van der Waals surface area contributed by atoms with Gasteiger partial charge in [0.25, 0.3) is 0 Å². The molecular formula is C12H19N3O2. The summed E-state index contributed by atoms with van der Waals surface area (Å²) in [4.78, 5) is 14.9. The maximum Gasteiger partial charge on any atom is 0.404 e. The summed E-state index contributed by atoms with van der Waals surface area (Å²) in [7, 11) is 0. The van der Waals surface area contributed by atoms with Crippen LogP contribution in [-0.4, -0.2) is 26.8 Å². The summed E-state index contributed by atoms with van der Waals surface area (Å²) in [6, 6.07) is 0.303. The number of aromatic nitrogens is 2. The van der Waals surface area contributed by atoms with E-state index in [0.717, 1.165) is 19.3 Å². The highest BCUT2D eigenvalue weighted by molar-refractivity contribution is 5.65. The molecule has 1 aliphatic carbocycles. The first-order valence-electron chi connectivity index (χ1n) is 5.98. The van der Waals surface area contributed by atoms with Gasteiger partial charge >= 0.3 is 6.09 Å². The van der Waals surface area contributed by atoms with Crippen LogP contribution in [0.25, 0.3) is 0 Å². The summed E-state index contributed by atoms with van der Waals surface area (Å²) in [6.07, 6.45) is 7.62. The molecule has 94 valence electrons. The molecule has 5 nitrogen and oxygen atoms in total. The van der Waals surface area contributed by atoms with Crippen molar-refractivity contribution in [3.8, 4) is 0 Å². The molecular weight excluding hydrogens is 218 g/mol. The number of rotatable bonds is 2. The van der Waals surface area contributed by atoms with Crippen LogP contribution in [0.4, 0.5) is 4.79 Å². The molecule has 2 rings (SSSR count). The Morgan fingerprint density at radius 3 is 2.88 bits per heavy atom. The van der Waals surface area contributed by atoms with Crippen molar-refractivity contribution in [3.63, 3.8) is 0 Å². The molecule has 0 aromatic carbocycles. The van der Waals surface area contributed by atoms with Gasteiger partial charge in [0.15, 0.2) is 0 Å². The second kappa shape index (κ2) is 4.39. The van der Waals surface area contributed by atoms with Gasteiger partial charge in [-0.1, -0.05) is 13.8 Å². The monoisotopic (exact) mass is 237 g/mol. The van der Waals surface area contributed by atoms with E-state index in [-0.39, 0.29) is 11.5 Å². The van der Waals surface area contributed by atoms with Crippen molar-refractivity contribution < 1.29 is 9.90 Å². The third kappa shape index (κ3) is 2.28. The Morgan fingerprint density at radius 1 is 1.53 bits per heavy atom. The Balaban J connectivity index is 2.20. The van der Waals surface area contributed by atoms with Gasteiger partial charge in [-0.2, -0.15) is 0 Å². The molecule has 1 aromatic rings. The Kier molecular flexibility index (Phi) is 3.09. The SMILES string of the molecule is CC1(C)C(NC(=O)O)CCCC1n1ccnc1. The van der Waals surface area contributed by atoms with E-state index in [4.69, 9.17) is 5.11 Å². The van der Waals surface area contributed by atoms with Crippen LogP contribution >= 0.6 is 0 Å². The van der Waals surface area contributed by atoms with Crippen LogP contribution in [-0.2, 0) is 0 Å². The van der Waals surface area contributed by atoms with Crippen molar-refractivity contribution in [1.82, 2.24) is 14.9 Å². The van der Waals surface area contributed by atoms with Crippen LogP contribution in [0.15, 0.2) is 18.7 Å². The second-order valence-electron chi connectivity index (χ2n) is 5.28. The molecule has 1 heterocycles. The number of nitrogens with zero attached hydrogens (tertiary/aromatic N) is 2. The Morgan fingerprint density at radius 2 is 2.29 bits per heavy atom. The first kappa shape index (κ1) is 12.0. The number of imidazole rings is 1. The third-order valence-corrected chi connectivity index (χ3v) is 3.91. The fraction of sp³-hybridized carbons (Fsp3) is 0.667. The topological polar surface area (TPSA) is 67.2 Å². The van der Waals surface area contributed by atoms with E-state index in [2.05, 4.69) is 28.7 Å². The van der Waals surface area contributed by atoms with E-state index >= 15 is 0 Å². The zero-order valence-electron chi connectivity index (χ0n) is 10.3. The molecule has 0 spiro atoms. The van der Waals surface area contributed by atoms with Gasteiger partial charge in [-0.05, 0) is 19.3 Å². The molecule has 0 radical (unpaired) electrons. The minimum atomic E-state index is -0.936. The predicted octanol–water partition coefficient (Wildman–Crippen LogP) is 2.27. The largest absolute Gasteiger partial charge is 0.465 e. The van der Waals surface area contributed by atoms with Crippen molar-refractivity contribution in [2.24, 2.45) is 5.41 Å². The smallest absolute Gasteiger partial charge is 0.404 e. The number of hydrogen-bond acceptors (Lipinski definition) is 2. The van der Waals surface area contributed by atoms with Gasteiger partial charge in [0.2, 0.25) is 0 Å². The lowest BCUT2D eigenvalue weighted by atomic mass is 9.69. The minimum absolute atomic E-state index is 0.00106. The highest BCUT2D eigenvalue weighted by Gasteiger charge is 2.41. The third-order valence-electron chi connectivity index (χ3n) is 3.91. The molecule has 1 aliphatic rings. The van der Waals surface area contributed by atoms with Gasteiger partial charge in [0, 0.05) is 29.9 Å². The fourth-order valence-corrected chi connectivity index (χ4v) is 2.89. The molecule has 0 aliphatic heterocycles. The molecule has 1 aromatic heterocycles. The van der Waals surface area contributed by atoms with Gasteiger partial charge in [0.05, 0.1) is 6.33 Å². The van der Waals surface area contributed by atoms with Crippen molar-refractivity contribution in [2.45, 2.75) is 45.2 Å². The summed E-state index contributed by atoms with van der Waals surface area (Å²) in [6.45, 7) is 4.24. The number of hydrogen-bond donors (Lipinski definition) is 2. The molecule has 0 saturated heterocycles. The zero-order valence-corrected chi connectivity index (χ0v) is 10.3. The molecule has 1 fully saturated rings. The Hall–Kier alpha value is -1.52. The first-order chi connectivity index (χ1) is 8.01. The summed E-state index contributed by atoms with van der Waals surface area (Å²) in [5.41, 5.74) is -0.0999. The molecule has 5 heteroatoms. The molecule has 1 amide bonds. The van der Waals surface area contributed by atoms with E-state index in [1.165, 1.54) is 0 Å². The van der Waals surface area contributed by atoms with Crippen LogP contribution in [0.5, 0.6) is 0 Å². The highest BCUT2D eigenvalue weighted by atomic mass is 16.4. The average Bonchev–Trinajstić information content (AvgIpc) is 2.73. The second-order valence-corrected chi connectivity index (χ2v) is 5.28. The Labute approximate surface area is 101 Å². The van der Waals surface area contributed by atoms with E-state index in [1.54, 1.807) is 6.20 Å². The molecule has 2 N–H and O–H groups in total. The van der Waals surface area contributed by atoms with E-state index in [1.807, 2.05) is 12.5 Å². The lowest BCUT2D eigenvalue weighted by molar-refractivity contribution is 0.0892. The summed E-state index contributed by atoms with van der Waals surface area (Å²) in [5.74, 6) is 0. The number of amides is 1. The van der Waals surface area contributed by atoms with Gasteiger partial charge in [-0.15, -0.1) is 0 Å². The summed E-state index contributed by atoms with van der Waals surface area (Å²) >= 11 is 0. The van der Waals surface area contributed by atoms with E-state index in [0.29, 0.717) is 6.04 Å². The molecule has 17 heavy (non-hydrogen) atoms. The zero-order chi connectivity index (χ0) is 12.5. The fourth-order valence-electron chi connectivity index (χ4n) is 2.89. The first-order valence-corrected chi connectivity index (χ1v) is 5.98. The van der Waals surface area contributed by atoms with Crippen LogP contribution < -0.4 is 5.32 Å². The van der Waals surface area contributed by atoms with Crippen molar-refractivity contribution in [2.75, 3.05) is 0 Å². The lowest BCUT2D eigenvalue weighted by Crippen LogP contribution is -2.50. The van der Waals surface area contributed by atoms with E-state index in [9.17, 15) is 4.79 Å². The lowest BCUT2D eigenvalue weighted by Gasteiger charge is -2.45. The van der Waals surface area contributed by atoms with Crippen LogP contribution in [0.1, 0.15) is 39.2 Å². The molecule has 2 atom stereocenters. The van der Waals surface area contributed by atoms with Gasteiger partial charge in [-0.25, -0.2) is 9.78 Å². The highest BCUT2D eigenvalue weighted by Crippen LogP contribution is 2.43. The Bertz CT molecular complexity index is 386.